The molecular formula is C16H14F2O2. The Labute approximate surface area is 115 Å². The van der Waals surface area contributed by atoms with E-state index in [-0.39, 0.29) is 17.5 Å². The van der Waals surface area contributed by atoms with Crippen LogP contribution in [0.5, 0.6) is 0 Å². The molecule has 0 amide bonds. The highest BCUT2D eigenvalue weighted by Gasteiger charge is 2.14. The lowest BCUT2D eigenvalue weighted by atomic mass is 9.96. The summed E-state index contributed by atoms with van der Waals surface area (Å²) in [6, 6.07) is 10.2. The van der Waals surface area contributed by atoms with Crippen LogP contribution in [0.15, 0.2) is 42.5 Å². The van der Waals surface area contributed by atoms with E-state index in [4.69, 9.17) is 5.11 Å². The minimum atomic E-state index is -0.915. The van der Waals surface area contributed by atoms with E-state index in [0.717, 1.165) is 0 Å². The lowest BCUT2D eigenvalue weighted by Gasteiger charge is -2.10. The summed E-state index contributed by atoms with van der Waals surface area (Å²) in [4.78, 5) is 10.8. The maximum atomic E-state index is 13.8. The van der Waals surface area contributed by atoms with Crippen molar-refractivity contribution in [3.05, 3.63) is 59.7 Å². The van der Waals surface area contributed by atoms with Crippen LogP contribution in [0.2, 0.25) is 0 Å². The Hall–Kier alpha value is -2.23. The van der Waals surface area contributed by atoms with E-state index in [1.165, 1.54) is 36.4 Å². The van der Waals surface area contributed by atoms with Crippen LogP contribution < -0.4 is 0 Å². The van der Waals surface area contributed by atoms with Gasteiger partial charge >= 0.3 is 5.97 Å². The minimum absolute atomic E-state index is 0.151. The predicted molar refractivity (Wildman–Crippen MR) is 72.3 cm³/mol. The van der Waals surface area contributed by atoms with Crippen LogP contribution in [0.3, 0.4) is 0 Å². The molecule has 2 nitrogen and oxygen atoms in total. The third-order valence-electron chi connectivity index (χ3n) is 3.16. The quantitative estimate of drug-likeness (QED) is 0.919. The van der Waals surface area contributed by atoms with Crippen molar-refractivity contribution >= 4 is 5.97 Å². The maximum Gasteiger partial charge on any atom is 0.306 e. The molecule has 2 rings (SSSR count). The second kappa shape index (κ2) is 5.82. The second-order valence-electron chi connectivity index (χ2n) is 4.74. The molecule has 104 valence electrons. The normalized spacial score (nSPS) is 12.2. The first kappa shape index (κ1) is 14.2. The van der Waals surface area contributed by atoms with Gasteiger partial charge in [-0.1, -0.05) is 31.2 Å². The van der Waals surface area contributed by atoms with Crippen molar-refractivity contribution in [1.82, 2.24) is 0 Å². The number of hydrogen-bond acceptors (Lipinski definition) is 1. The van der Waals surface area contributed by atoms with Gasteiger partial charge in [-0.15, -0.1) is 0 Å². The molecule has 0 fully saturated rings. The largest absolute Gasteiger partial charge is 0.481 e. The van der Waals surface area contributed by atoms with Gasteiger partial charge in [0.25, 0.3) is 0 Å². The molecule has 0 spiro atoms. The van der Waals surface area contributed by atoms with E-state index in [2.05, 4.69) is 0 Å². The van der Waals surface area contributed by atoms with Gasteiger partial charge in [0.2, 0.25) is 0 Å². The third-order valence-corrected chi connectivity index (χ3v) is 3.16. The number of halogens is 2. The first-order chi connectivity index (χ1) is 9.49. The van der Waals surface area contributed by atoms with Crippen molar-refractivity contribution in [2.45, 2.75) is 13.3 Å². The van der Waals surface area contributed by atoms with Gasteiger partial charge in [0.1, 0.15) is 11.6 Å². The zero-order valence-electron chi connectivity index (χ0n) is 10.9. The Morgan fingerprint density at radius 2 is 1.75 bits per heavy atom. The number of benzene rings is 2. The molecule has 1 N–H and O–H groups in total. The maximum absolute atomic E-state index is 13.8. The molecule has 0 saturated heterocycles. The molecule has 0 radical (unpaired) electrons. The number of rotatable bonds is 4. The van der Waals surface area contributed by atoms with Gasteiger partial charge in [-0.3, -0.25) is 4.79 Å². The van der Waals surface area contributed by atoms with Crippen LogP contribution in [0.25, 0.3) is 11.1 Å². The first-order valence-corrected chi connectivity index (χ1v) is 6.25. The Morgan fingerprint density at radius 3 is 2.40 bits per heavy atom. The van der Waals surface area contributed by atoms with Crippen molar-refractivity contribution in [2.75, 3.05) is 0 Å². The van der Waals surface area contributed by atoms with Crippen LogP contribution in [0.1, 0.15) is 12.5 Å². The summed E-state index contributed by atoms with van der Waals surface area (Å²) in [5.74, 6) is -2.52. The smallest absolute Gasteiger partial charge is 0.306 e. The lowest BCUT2D eigenvalue weighted by molar-refractivity contribution is -0.141. The highest BCUT2D eigenvalue weighted by Crippen LogP contribution is 2.27. The van der Waals surface area contributed by atoms with Gasteiger partial charge in [-0.2, -0.15) is 0 Å². The fraction of sp³-hybridized carbons (Fsp3) is 0.188. The summed E-state index contributed by atoms with van der Waals surface area (Å²) in [5.41, 5.74) is 0.993. The van der Waals surface area contributed by atoms with Crippen LogP contribution in [-0.4, -0.2) is 11.1 Å². The van der Waals surface area contributed by atoms with Crippen molar-refractivity contribution in [3.63, 3.8) is 0 Å². The monoisotopic (exact) mass is 276 g/mol. The van der Waals surface area contributed by atoms with E-state index >= 15 is 0 Å². The van der Waals surface area contributed by atoms with Gasteiger partial charge in [0, 0.05) is 11.1 Å². The van der Waals surface area contributed by atoms with Crippen molar-refractivity contribution in [2.24, 2.45) is 5.92 Å². The summed E-state index contributed by atoms with van der Waals surface area (Å²) in [7, 11) is 0. The molecule has 0 bridgehead atoms. The molecule has 0 aromatic heterocycles. The average molecular weight is 276 g/mol. The van der Waals surface area contributed by atoms with Crippen LogP contribution >= 0.6 is 0 Å². The molecule has 0 aliphatic rings. The Kier molecular flexibility index (Phi) is 4.13. The van der Waals surface area contributed by atoms with Gasteiger partial charge in [0.05, 0.1) is 5.92 Å². The topological polar surface area (TPSA) is 37.3 Å². The molecule has 0 heterocycles. The van der Waals surface area contributed by atoms with E-state index < -0.39 is 23.5 Å². The molecule has 0 saturated carbocycles. The lowest BCUT2D eigenvalue weighted by Crippen LogP contribution is -2.12. The van der Waals surface area contributed by atoms with Crippen LogP contribution in [-0.2, 0) is 11.2 Å². The van der Waals surface area contributed by atoms with Gasteiger partial charge in [-0.05, 0) is 30.2 Å². The van der Waals surface area contributed by atoms with Crippen LogP contribution in [0.4, 0.5) is 8.78 Å². The van der Waals surface area contributed by atoms with Crippen LogP contribution in [0, 0.1) is 17.6 Å². The van der Waals surface area contributed by atoms with Gasteiger partial charge in [-0.25, -0.2) is 8.78 Å². The predicted octanol–water partition coefficient (Wildman–Crippen LogP) is 3.90. The molecule has 2 aromatic rings. The third kappa shape index (κ3) is 3.02. The molecular weight excluding hydrogens is 262 g/mol. The highest BCUT2D eigenvalue weighted by molar-refractivity contribution is 5.70. The molecule has 4 heteroatoms. The van der Waals surface area contributed by atoms with E-state index in [1.807, 2.05) is 0 Å². The zero-order valence-corrected chi connectivity index (χ0v) is 10.9. The molecule has 0 aliphatic carbocycles. The molecule has 2 aromatic carbocycles. The number of carboxylic acid groups (broad SMARTS) is 1. The summed E-state index contributed by atoms with van der Waals surface area (Å²) in [5, 5.41) is 8.89. The number of aliphatic carboxylic acids is 1. The number of hydrogen-bond donors (Lipinski definition) is 1. The fourth-order valence-corrected chi connectivity index (χ4v) is 2.03. The standard InChI is InChI=1S/C16H14F2O2/c1-10(16(19)20)8-11-6-7-15(18)13(9-11)12-4-2-3-5-14(12)17/h2-7,9-10H,8H2,1H3,(H,19,20). The zero-order chi connectivity index (χ0) is 14.7. The second-order valence-corrected chi connectivity index (χ2v) is 4.74. The summed E-state index contributed by atoms with van der Waals surface area (Å²) >= 11 is 0. The van der Waals surface area contributed by atoms with E-state index in [9.17, 15) is 13.6 Å². The fourth-order valence-electron chi connectivity index (χ4n) is 2.03. The Balaban J connectivity index is 2.40. The molecule has 0 aliphatic heterocycles. The molecule has 1 atom stereocenters. The van der Waals surface area contributed by atoms with Crippen molar-refractivity contribution in [3.8, 4) is 11.1 Å². The Morgan fingerprint density at radius 1 is 1.10 bits per heavy atom. The summed E-state index contributed by atoms with van der Waals surface area (Å²) < 4.78 is 27.6. The number of carbonyl (C=O) groups is 1. The van der Waals surface area contributed by atoms with Crippen molar-refractivity contribution < 1.29 is 18.7 Å². The first-order valence-electron chi connectivity index (χ1n) is 6.25. The van der Waals surface area contributed by atoms with Gasteiger partial charge < -0.3 is 5.11 Å². The average Bonchev–Trinajstić information content (AvgIpc) is 2.41. The van der Waals surface area contributed by atoms with E-state index in [0.29, 0.717) is 5.56 Å². The highest BCUT2D eigenvalue weighted by atomic mass is 19.1. The summed E-state index contributed by atoms with van der Waals surface area (Å²) in [6.45, 7) is 1.58. The SMILES string of the molecule is CC(Cc1ccc(F)c(-c2ccccc2F)c1)C(=O)O. The molecule has 20 heavy (non-hydrogen) atoms. The van der Waals surface area contributed by atoms with Crippen molar-refractivity contribution in [1.29, 1.82) is 0 Å². The van der Waals surface area contributed by atoms with E-state index in [1.54, 1.807) is 13.0 Å². The molecule has 1 unspecified atom stereocenters. The summed E-state index contributed by atoms with van der Waals surface area (Å²) in [6.07, 6.45) is 0.275. The Bertz CT molecular complexity index is 638. The van der Waals surface area contributed by atoms with Gasteiger partial charge in [0.15, 0.2) is 0 Å². The minimum Gasteiger partial charge on any atom is -0.481 e. The number of carboxylic acids is 1.